The fourth-order valence-corrected chi connectivity index (χ4v) is 2.56. The van der Waals surface area contributed by atoms with Crippen LogP contribution in [-0.2, 0) is 4.79 Å². The molecule has 0 amide bonds. The van der Waals surface area contributed by atoms with Crippen molar-refractivity contribution in [1.82, 2.24) is 0 Å². The van der Waals surface area contributed by atoms with Gasteiger partial charge in [-0.15, -0.1) is 11.3 Å². The van der Waals surface area contributed by atoms with E-state index in [2.05, 4.69) is 0 Å². The van der Waals surface area contributed by atoms with Crippen LogP contribution in [0.25, 0.3) is 0 Å². The Hall–Kier alpha value is -1.45. The maximum absolute atomic E-state index is 13.1. The van der Waals surface area contributed by atoms with Crippen LogP contribution in [0.5, 0.6) is 0 Å². The number of Topliss-reactive ketones (excluding diaryl/α,β-unsaturated/α-hetero) is 2. The normalized spacial score (nSPS) is 13.3. The molecule has 10 heteroatoms. The van der Waals surface area contributed by atoms with Gasteiger partial charge in [0, 0.05) is 15.3 Å². The average molecular weight is 350 g/mol. The first-order chi connectivity index (χ1) is 9.71. The molecule has 0 saturated carbocycles. The molecule has 0 aliphatic heterocycles. The molecule has 0 atom stereocenters. The van der Waals surface area contributed by atoms with E-state index in [1.807, 2.05) is 0 Å². The number of carbonyl (C=O) groups excluding carboxylic acids is 2. The van der Waals surface area contributed by atoms with Crippen molar-refractivity contribution in [1.29, 1.82) is 0 Å². The lowest BCUT2D eigenvalue weighted by Crippen LogP contribution is -2.56. The van der Waals surface area contributed by atoms with Gasteiger partial charge in [-0.2, -0.15) is 30.7 Å². The van der Waals surface area contributed by atoms with E-state index in [1.165, 1.54) is 13.0 Å². The van der Waals surface area contributed by atoms with Crippen LogP contribution in [0, 0.1) is 13.8 Å². The minimum Gasteiger partial charge on any atom is -0.294 e. The summed E-state index contributed by atoms with van der Waals surface area (Å²) in [7, 11) is 0. The lowest BCUT2D eigenvalue weighted by Gasteiger charge is -2.26. The minimum absolute atomic E-state index is 0.151. The molecule has 0 unspecified atom stereocenters. The van der Waals surface area contributed by atoms with Gasteiger partial charge in [-0.05, 0) is 19.9 Å². The number of ketones is 2. The zero-order chi connectivity index (χ0) is 17.5. The largest absolute Gasteiger partial charge is 0.460 e. The average Bonchev–Trinajstić information content (AvgIpc) is 2.66. The lowest BCUT2D eigenvalue weighted by atomic mass is 9.99. The second-order valence-corrected chi connectivity index (χ2v) is 5.96. The molecule has 124 valence electrons. The topological polar surface area (TPSA) is 34.1 Å². The van der Waals surface area contributed by atoms with Gasteiger partial charge in [0.15, 0.2) is 5.78 Å². The third-order valence-corrected chi connectivity index (χ3v) is 3.73. The van der Waals surface area contributed by atoms with Crippen molar-refractivity contribution in [3.63, 3.8) is 0 Å². The molecule has 0 bridgehead atoms. The van der Waals surface area contributed by atoms with Crippen LogP contribution in [0.4, 0.5) is 30.7 Å². The second kappa shape index (κ2) is 5.64. The first kappa shape index (κ1) is 18.6. The van der Waals surface area contributed by atoms with Crippen LogP contribution in [-0.4, -0.2) is 29.6 Å². The molecule has 1 aromatic rings. The SMILES string of the molecule is Cc1cc(C(=O)CC(=O)C(F)(F)C(F)(F)C(F)(F)F)c(C)s1. The maximum Gasteiger partial charge on any atom is 0.460 e. The molecule has 0 aliphatic carbocycles. The minimum atomic E-state index is -6.61. The quantitative estimate of drug-likeness (QED) is 0.450. The molecular weight excluding hydrogens is 341 g/mol. The van der Waals surface area contributed by atoms with Crippen molar-refractivity contribution >= 4 is 22.9 Å². The van der Waals surface area contributed by atoms with Crippen molar-refractivity contribution in [2.45, 2.75) is 38.3 Å². The summed E-state index contributed by atoms with van der Waals surface area (Å²) in [5, 5.41) is 0. The fourth-order valence-electron chi connectivity index (χ4n) is 1.61. The van der Waals surface area contributed by atoms with Gasteiger partial charge in [0.25, 0.3) is 0 Å². The highest BCUT2D eigenvalue weighted by molar-refractivity contribution is 7.12. The van der Waals surface area contributed by atoms with Gasteiger partial charge in [0.2, 0.25) is 5.78 Å². The molecule has 22 heavy (non-hydrogen) atoms. The summed E-state index contributed by atoms with van der Waals surface area (Å²) in [5.41, 5.74) is -0.151. The Bertz CT molecular complexity index is 601. The van der Waals surface area contributed by atoms with Crippen LogP contribution in [0.2, 0.25) is 0 Å². The third kappa shape index (κ3) is 3.16. The highest BCUT2D eigenvalue weighted by Crippen LogP contribution is 2.47. The number of rotatable bonds is 5. The zero-order valence-corrected chi connectivity index (χ0v) is 12.0. The molecule has 1 aromatic heterocycles. The van der Waals surface area contributed by atoms with Crippen molar-refractivity contribution in [2.75, 3.05) is 0 Å². The Labute approximate surface area is 123 Å². The summed E-state index contributed by atoms with van der Waals surface area (Å²) in [4.78, 5) is 23.7. The predicted molar refractivity (Wildman–Crippen MR) is 63.7 cm³/mol. The molecule has 1 rings (SSSR count). The van der Waals surface area contributed by atoms with Gasteiger partial charge in [0.05, 0.1) is 6.42 Å². The second-order valence-electron chi connectivity index (χ2n) is 4.50. The van der Waals surface area contributed by atoms with E-state index < -0.39 is 36.0 Å². The highest BCUT2D eigenvalue weighted by Gasteiger charge is 2.75. The van der Waals surface area contributed by atoms with Crippen LogP contribution in [0.15, 0.2) is 6.07 Å². The number of hydrogen-bond donors (Lipinski definition) is 0. The van der Waals surface area contributed by atoms with Crippen molar-refractivity contribution in [3.8, 4) is 0 Å². The summed E-state index contributed by atoms with van der Waals surface area (Å²) >= 11 is 1.09. The summed E-state index contributed by atoms with van der Waals surface area (Å²) in [6.45, 7) is 3.00. The Morgan fingerprint density at radius 3 is 1.91 bits per heavy atom. The van der Waals surface area contributed by atoms with Gasteiger partial charge < -0.3 is 0 Å². The summed E-state index contributed by atoms with van der Waals surface area (Å²) in [6.07, 6.45) is -8.35. The molecule has 0 saturated heterocycles. The molecule has 0 aromatic carbocycles. The van der Waals surface area contributed by atoms with Crippen molar-refractivity contribution in [2.24, 2.45) is 0 Å². The van der Waals surface area contributed by atoms with E-state index in [0.717, 1.165) is 11.3 Å². The standard InChI is InChI=1S/C12H9F7O2S/c1-5-3-7(6(2)22-5)8(20)4-9(21)10(13,14)11(15,16)12(17,18)19/h3H,4H2,1-2H3. The van der Waals surface area contributed by atoms with E-state index in [4.69, 9.17) is 0 Å². The fraction of sp³-hybridized carbons (Fsp3) is 0.500. The zero-order valence-electron chi connectivity index (χ0n) is 11.2. The first-order valence-electron chi connectivity index (χ1n) is 5.67. The lowest BCUT2D eigenvalue weighted by molar-refractivity contribution is -0.343. The molecule has 0 N–H and O–H groups in total. The van der Waals surface area contributed by atoms with Gasteiger partial charge in [-0.25, -0.2) is 0 Å². The number of alkyl halides is 7. The smallest absolute Gasteiger partial charge is 0.294 e. The van der Waals surface area contributed by atoms with Crippen LogP contribution in [0.1, 0.15) is 26.5 Å². The van der Waals surface area contributed by atoms with Crippen molar-refractivity contribution < 1.29 is 40.3 Å². The van der Waals surface area contributed by atoms with Gasteiger partial charge in [0.1, 0.15) is 0 Å². The van der Waals surface area contributed by atoms with E-state index in [1.54, 1.807) is 6.92 Å². The van der Waals surface area contributed by atoms with Crippen LogP contribution >= 0.6 is 11.3 Å². The van der Waals surface area contributed by atoms with Crippen LogP contribution < -0.4 is 0 Å². The highest BCUT2D eigenvalue weighted by atomic mass is 32.1. The number of carbonyl (C=O) groups is 2. The summed E-state index contributed by atoms with van der Waals surface area (Å²) < 4.78 is 87.4. The Balaban J connectivity index is 3.02. The van der Waals surface area contributed by atoms with E-state index in [-0.39, 0.29) is 5.56 Å². The molecule has 1 heterocycles. The van der Waals surface area contributed by atoms with E-state index >= 15 is 0 Å². The Morgan fingerprint density at radius 1 is 1.05 bits per heavy atom. The van der Waals surface area contributed by atoms with Crippen molar-refractivity contribution in [3.05, 3.63) is 21.4 Å². The first-order valence-corrected chi connectivity index (χ1v) is 6.49. The van der Waals surface area contributed by atoms with Gasteiger partial charge in [-0.3, -0.25) is 9.59 Å². The number of thiophene rings is 1. The molecule has 0 aliphatic rings. The monoisotopic (exact) mass is 350 g/mol. The van der Waals surface area contributed by atoms with E-state index in [9.17, 15) is 40.3 Å². The summed E-state index contributed by atoms with van der Waals surface area (Å²) in [6, 6.07) is 1.25. The molecular formula is C12H9F7O2S. The Morgan fingerprint density at radius 2 is 1.55 bits per heavy atom. The number of hydrogen-bond acceptors (Lipinski definition) is 3. The van der Waals surface area contributed by atoms with Crippen LogP contribution in [0.3, 0.4) is 0 Å². The number of halogens is 7. The van der Waals surface area contributed by atoms with E-state index in [0.29, 0.717) is 9.75 Å². The predicted octanol–water partition coefficient (Wildman–Crippen LogP) is 4.34. The summed E-state index contributed by atoms with van der Waals surface area (Å²) in [5.74, 6) is -16.6. The molecule has 0 radical (unpaired) electrons. The Kier molecular flexibility index (Phi) is 4.76. The molecule has 2 nitrogen and oxygen atoms in total. The maximum atomic E-state index is 13.1. The molecule has 0 fully saturated rings. The third-order valence-electron chi connectivity index (χ3n) is 2.76. The molecule has 0 spiro atoms. The van der Waals surface area contributed by atoms with Gasteiger partial charge >= 0.3 is 18.0 Å². The number of aryl methyl sites for hydroxylation is 2. The van der Waals surface area contributed by atoms with Gasteiger partial charge in [-0.1, -0.05) is 0 Å².